The molecule has 66 valence electrons. The highest BCUT2D eigenvalue weighted by Crippen LogP contribution is 2.27. The summed E-state index contributed by atoms with van der Waals surface area (Å²) in [6.45, 7) is 7.06. The SMILES string of the molecule is CCCC(C)(C)C1CO[NH+]1[O-]. The van der Waals surface area contributed by atoms with Crippen molar-refractivity contribution in [1.29, 1.82) is 0 Å². The number of hydroxylamine groups is 2. The largest absolute Gasteiger partial charge is 0.600 e. The minimum Gasteiger partial charge on any atom is -0.600 e. The van der Waals surface area contributed by atoms with Crippen LogP contribution in [0.1, 0.15) is 33.6 Å². The Morgan fingerprint density at radius 2 is 2.27 bits per heavy atom. The standard InChI is InChI=1S/C8H17NO2/c1-4-5-8(2,3)7-6-11-9(7)10/h7,9H,4-6H2,1-3H3. The lowest BCUT2D eigenvalue weighted by atomic mass is 9.80. The van der Waals surface area contributed by atoms with Crippen molar-refractivity contribution in [2.75, 3.05) is 6.61 Å². The maximum absolute atomic E-state index is 10.9. The van der Waals surface area contributed by atoms with Gasteiger partial charge in [0, 0.05) is 5.41 Å². The van der Waals surface area contributed by atoms with Crippen molar-refractivity contribution in [2.45, 2.75) is 39.7 Å². The van der Waals surface area contributed by atoms with E-state index in [1.165, 1.54) is 0 Å². The second-order valence-corrected chi connectivity index (χ2v) is 3.92. The zero-order valence-electron chi connectivity index (χ0n) is 7.52. The topological polar surface area (TPSA) is 36.7 Å². The smallest absolute Gasteiger partial charge is 0.162 e. The van der Waals surface area contributed by atoms with Gasteiger partial charge in [-0.3, -0.25) is 0 Å². The van der Waals surface area contributed by atoms with E-state index in [1.54, 1.807) is 0 Å². The average molecular weight is 159 g/mol. The van der Waals surface area contributed by atoms with Crippen LogP contribution in [0.4, 0.5) is 0 Å². The number of rotatable bonds is 3. The molecule has 0 aliphatic carbocycles. The maximum Gasteiger partial charge on any atom is 0.162 e. The fourth-order valence-electron chi connectivity index (χ4n) is 1.60. The van der Waals surface area contributed by atoms with Crippen LogP contribution in [-0.2, 0) is 4.84 Å². The molecule has 1 N–H and O–H groups in total. The second kappa shape index (κ2) is 3.09. The fraction of sp³-hybridized carbons (Fsp3) is 1.00. The Morgan fingerprint density at radius 3 is 2.55 bits per heavy atom. The molecule has 0 aromatic heterocycles. The van der Waals surface area contributed by atoms with Crippen LogP contribution in [0.15, 0.2) is 0 Å². The molecule has 1 aliphatic rings. The summed E-state index contributed by atoms with van der Waals surface area (Å²) in [5.41, 5.74) is 0.143. The number of hydrogen-bond donors (Lipinski definition) is 1. The van der Waals surface area contributed by atoms with Crippen LogP contribution < -0.4 is 5.23 Å². The first-order valence-corrected chi connectivity index (χ1v) is 4.24. The van der Waals surface area contributed by atoms with Crippen molar-refractivity contribution in [3.8, 4) is 0 Å². The maximum atomic E-state index is 10.9. The van der Waals surface area contributed by atoms with Gasteiger partial charge in [-0.25, -0.2) is 5.23 Å². The molecular weight excluding hydrogens is 142 g/mol. The summed E-state index contributed by atoms with van der Waals surface area (Å²) in [7, 11) is 0. The number of quaternary nitrogens is 1. The zero-order valence-corrected chi connectivity index (χ0v) is 7.52. The van der Waals surface area contributed by atoms with E-state index in [2.05, 4.69) is 20.8 Å². The molecule has 0 aromatic rings. The highest BCUT2D eigenvalue weighted by atomic mass is 16.9. The Labute approximate surface area is 67.9 Å². The van der Waals surface area contributed by atoms with Crippen molar-refractivity contribution in [3.05, 3.63) is 5.21 Å². The van der Waals surface area contributed by atoms with Gasteiger partial charge in [-0.2, -0.15) is 4.84 Å². The zero-order chi connectivity index (χ0) is 8.48. The molecule has 2 atom stereocenters. The van der Waals surface area contributed by atoms with Gasteiger partial charge in [0.1, 0.15) is 0 Å². The summed E-state index contributed by atoms with van der Waals surface area (Å²) < 4.78 is 0. The van der Waals surface area contributed by atoms with Crippen molar-refractivity contribution in [1.82, 2.24) is 0 Å². The first-order chi connectivity index (χ1) is 5.08. The van der Waals surface area contributed by atoms with Crippen LogP contribution in [0.5, 0.6) is 0 Å². The Bertz CT molecular complexity index is 136. The first kappa shape index (κ1) is 8.97. The predicted molar refractivity (Wildman–Crippen MR) is 42.8 cm³/mol. The first-order valence-electron chi connectivity index (χ1n) is 4.24. The lowest BCUT2D eigenvalue weighted by Gasteiger charge is -2.45. The van der Waals surface area contributed by atoms with Crippen molar-refractivity contribution < 1.29 is 10.1 Å². The van der Waals surface area contributed by atoms with Gasteiger partial charge in [0.15, 0.2) is 12.6 Å². The molecule has 0 radical (unpaired) electrons. The van der Waals surface area contributed by atoms with E-state index < -0.39 is 0 Å². The van der Waals surface area contributed by atoms with E-state index in [1.807, 2.05) is 0 Å². The Balaban J connectivity index is 2.43. The number of nitrogens with one attached hydrogen (secondary N) is 1. The van der Waals surface area contributed by atoms with Gasteiger partial charge in [-0.15, -0.1) is 0 Å². The third-order valence-corrected chi connectivity index (χ3v) is 2.51. The van der Waals surface area contributed by atoms with Crippen LogP contribution >= 0.6 is 0 Å². The quantitative estimate of drug-likeness (QED) is 0.609. The van der Waals surface area contributed by atoms with Crippen molar-refractivity contribution in [2.24, 2.45) is 5.41 Å². The molecule has 3 heteroatoms. The monoisotopic (exact) mass is 159 g/mol. The van der Waals surface area contributed by atoms with Crippen LogP contribution in [-0.4, -0.2) is 12.6 Å². The molecule has 3 nitrogen and oxygen atoms in total. The van der Waals surface area contributed by atoms with E-state index in [0.717, 1.165) is 12.8 Å². The molecule has 11 heavy (non-hydrogen) atoms. The molecule has 1 heterocycles. The van der Waals surface area contributed by atoms with Crippen LogP contribution in [0.3, 0.4) is 0 Å². The third kappa shape index (κ3) is 1.72. The summed E-state index contributed by atoms with van der Waals surface area (Å²) in [6.07, 6.45) is 2.24. The molecule has 0 bridgehead atoms. The van der Waals surface area contributed by atoms with Gasteiger partial charge in [0.05, 0.1) is 0 Å². The highest BCUT2D eigenvalue weighted by Gasteiger charge is 2.42. The summed E-state index contributed by atoms with van der Waals surface area (Å²) in [6, 6.07) is 0.155. The minimum atomic E-state index is -0.0107. The Morgan fingerprint density at radius 1 is 1.64 bits per heavy atom. The van der Waals surface area contributed by atoms with Gasteiger partial charge in [0.2, 0.25) is 0 Å². The lowest BCUT2D eigenvalue weighted by molar-refractivity contribution is -1.13. The third-order valence-electron chi connectivity index (χ3n) is 2.51. The van der Waals surface area contributed by atoms with Crippen LogP contribution in [0, 0.1) is 10.6 Å². The second-order valence-electron chi connectivity index (χ2n) is 3.92. The molecule has 0 saturated carbocycles. The van der Waals surface area contributed by atoms with Crippen molar-refractivity contribution >= 4 is 0 Å². The van der Waals surface area contributed by atoms with Gasteiger partial charge in [-0.05, 0) is 6.42 Å². The Kier molecular flexibility index (Phi) is 2.52. The fourth-order valence-corrected chi connectivity index (χ4v) is 1.60. The lowest BCUT2D eigenvalue weighted by Crippen LogP contribution is -3.19. The summed E-state index contributed by atoms with van der Waals surface area (Å²) in [5, 5.41) is 10.9. The van der Waals surface area contributed by atoms with E-state index in [4.69, 9.17) is 4.84 Å². The summed E-state index contributed by atoms with van der Waals surface area (Å²) in [5.74, 6) is 0. The van der Waals surface area contributed by atoms with Gasteiger partial charge >= 0.3 is 0 Å². The molecule has 1 fully saturated rings. The molecular formula is C8H17NO2. The predicted octanol–water partition coefficient (Wildman–Crippen LogP) is 0.509. The molecule has 1 saturated heterocycles. The molecule has 2 unspecified atom stereocenters. The van der Waals surface area contributed by atoms with Gasteiger partial charge in [-0.1, -0.05) is 27.2 Å². The van der Waals surface area contributed by atoms with Crippen LogP contribution in [0.25, 0.3) is 0 Å². The molecule has 1 rings (SSSR count). The van der Waals surface area contributed by atoms with E-state index in [9.17, 15) is 5.21 Å². The average Bonchev–Trinajstić information content (AvgIpc) is 1.83. The number of hydrogen-bond acceptors (Lipinski definition) is 2. The van der Waals surface area contributed by atoms with Gasteiger partial charge < -0.3 is 5.21 Å². The normalized spacial score (nSPS) is 31.6. The van der Waals surface area contributed by atoms with Crippen molar-refractivity contribution in [3.63, 3.8) is 0 Å². The molecule has 0 amide bonds. The minimum absolute atomic E-state index is 0.0107. The van der Waals surface area contributed by atoms with Gasteiger partial charge in [0.25, 0.3) is 0 Å². The van der Waals surface area contributed by atoms with E-state index >= 15 is 0 Å². The summed E-state index contributed by atoms with van der Waals surface area (Å²) >= 11 is 0. The van der Waals surface area contributed by atoms with E-state index in [0.29, 0.717) is 6.61 Å². The summed E-state index contributed by atoms with van der Waals surface area (Å²) in [4.78, 5) is 4.74. The van der Waals surface area contributed by atoms with E-state index in [-0.39, 0.29) is 16.7 Å². The van der Waals surface area contributed by atoms with Crippen LogP contribution in [0.2, 0.25) is 0 Å². The molecule has 1 aliphatic heterocycles. The highest BCUT2D eigenvalue weighted by molar-refractivity contribution is 4.78. The Hall–Kier alpha value is -0.120. The molecule has 0 spiro atoms. The molecule has 0 aromatic carbocycles.